The summed E-state index contributed by atoms with van der Waals surface area (Å²) in [4.78, 5) is 16.5. The van der Waals surface area contributed by atoms with Crippen molar-refractivity contribution in [2.75, 3.05) is 7.11 Å². The first kappa shape index (κ1) is 16.7. The molecule has 2 aromatic carbocycles. The maximum atomic E-state index is 12.0. The number of benzene rings is 2. The molecule has 0 atom stereocenters. The minimum Gasteiger partial charge on any atom is -0.497 e. The fraction of sp³-hybridized carbons (Fsp3) is 0.0476. The van der Waals surface area contributed by atoms with Crippen molar-refractivity contribution >= 4 is 16.7 Å². The molecule has 27 heavy (non-hydrogen) atoms. The Balaban J connectivity index is 2.07. The van der Waals surface area contributed by atoms with Crippen LogP contribution in [0.5, 0.6) is 5.75 Å². The second kappa shape index (κ2) is 6.84. The van der Waals surface area contributed by atoms with Crippen molar-refractivity contribution in [1.82, 2.24) is 15.2 Å². The Morgan fingerprint density at radius 3 is 2.19 bits per heavy atom. The Kier molecular flexibility index (Phi) is 4.22. The van der Waals surface area contributed by atoms with Gasteiger partial charge in [-0.1, -0.05) is 42.5 Å². The van der Waals surface area contributed by atoms with Gasteiger partial charge in [-0.25, -0.2) is 9.78 Å². The number of pyridine rings is 1. The van der Waals surface area contributed by atoms with Crippen molar-refractivity contribution in [3.05, 3.63) is 72.7 Å². The van der Waals surface area contributed by atoms with Gasteiger partial charge in [0.05, 0.1) is 25.2 Å². The molecule has 4 rings (SSSR count). The number of fused-ring (bicyclic) bond motifs is 1. The molecule has 2 aromatic heterocycles. The lowest BCUT2D eigenvalue weighted by atomic mass is 9.95. The number of carboxylic acids is 1. The molecule has 0 fully saturated rings. The van der Waals surface area contributed by atoms with Gasteiger partial charge in [-0.2, -0.15) is 10.2 Å². The fourth-order valence-electron chi connectivity index (χ4n) is 3.09. The fourth-order valence-corrected chi connectivity index (χ4v) is 3.09. The third kappa shape index (κ3) is 2.97. The van der Waals surface area contributed by atoms with Crippen LogP contribution in [0.15, 0.2) is 67.0 Å². The van der Waals surface area contributed by atoms with Crippen molar-refractivity contribution in [2.45, 2.75) is 0 Å². The zero-order valence-corrected chi connectivity index (χ0v) is 14.5. The molecular formula is C21H15N3O3. The molecule has 6 heteroatoms. The number of rotatable bonds is 4. The summed E-state index contributed by atoms with van der Waals surface area (Å²) in [7, 11) is 1.58. The van der Waals surface area contributed by atoms with Crippen molar-refractivity contribution in [1.29, 1.82) is 0 Å². The average molecular weight is 357 g/mol. The van der Waals surface area contributed by atoms with Crippen LogP contribution in [-0.4, -0.2) is 33.4 Å². The minimum atomic E-state index is -1.10. The third-order valence-electron chi connectivity index (χ3n) is 4.34. The zero-order valence-electron chi connectivity index (χ0n) is 14.5. The summed E-state index contributed by atoms with van der Waals surface area (Å²) >= 11 is 0. The summed E-state index contributed by atoms with van der Waals surface area (Å²) in [5.41, 5.74) is 2.59. The van der Waals surface area contributed by atoms with Crippen molar-refractivity contribution in [2.24, 2.45) is 0 Å². The number of nitrogens with zero attached hydrogens (tertiary/aromatic N) is 3. The Morgan fingerprint density at radius 2 is 1.56 bits per heavy atom. The van der Waals surface area contributed by atoms with Crippen molar-refractivity contribution < 1.29 is 14.6 Å². The van der Waals surface area contributed by atoms with Gasteiger partial charge in [0.15, 0.2) is 5.69 Å². The summed E-state index contributed by atoms with van der Waals surface area (Å²) in [6, 6.07) is 16.6. The van der Waals surface area contributed by atoms with E-state index in [1.54, 1.807) is 31.6 Å². The molecule has 2 heterocycles. The molecule has 0 spiro atoms. The van der Waals surface area contributed by atoms with Gasteiger partial charge in [-0.15, -0.1) is 0 Å². The number of hydrogen-bond acceptors (Lipinski definition) is 5. The highest BCUT2D eigenvalue weighted by molar-refractivity contribution is 6.09. The normalized spacial score (nSPS) is 10.7. The average Bonchev–Trinajstić information content (AvgIpc) is 2.73. The monoisotopic (exact) mass is 357 g/mol. The van der Waals surface area contributed by atoms with Crippen LogP contribution in [0.1, 0.15) is 10.5 Å². The van der Waals surface area contributed by atoms with Crippen LogP contribution in [0.3, 0.4) is 0 Å². The number of ether oxygens (including phenoxy) is 1. The quantitative estimate of drug-likeness (QED) is 0.593. The van der Waals surface area contributed by atoms with E-state index in [1.165, 1.54) is 0 Å². The van der Waals surface area contributed by atoms with E-state index in [0.717, 1.165) is 16.5 Å². The highest BCUT2D eigenvalue weighted by atomic mass is 16.5. The molecule has 132 valence electrons. The Hall–Kier alpha value is -3.80. The Bertz CT molecular complexity index is 1130. The molecule has 0 aliphatic heterocycles. The summed E-state index contributed by atoms with van der Waals surface area (Å²) in [5.74, 6) is -0.412. The number of hydrogen-bond donors (Lipinski definition) is 1. The highest BCUT2D eigenvalue weighted by Gasteiger charge is 2.21. The van der Waals surface area contributed by atoms with Crippen LogP contribution >= 0.6 is 0 Å². The van der Waals surface area contributed by atoms with Crippen LogP contribution in [0.4, 0.5) is 0 Å². The van der Waals surface area contributed by atoms with Gasteiger partial charge in [0, 0.05) is 21.9 Å². The van der Waals surface area contributed by atoms with Gasteiger partial charge in [-0.3, -0.25) is 0 Å². The number of aromatic nitrogens is 3. The van der Waals surface area contributed by atoms with Gasteiger partial charge < -0.3 is 9.84 Å². The molecule has 0 radical (unpaired) electrons. The standard InChI is InChI=1S/C21H15N3O3/c1-27-15-9-7-13(8-10-15)18-16-11-22-23-12-17(16)19(24-20(18)21(25)26)14-5-3-2-4-6-14/h2-12H,1H3,(H,25,26). The molecular weight excluding hydrogens is 342 g/mol. The summed E-state index contributed by atoms with van der Waals surface area (Å²) in [5, 5.41) is 19.2. The van der Waals surface area contributed by atoms with Crippen LogP contribution in [0.25, 0.3) is 33.2 Å². The van der Waals surface area contributed by atoms with Crippen LogP contribution in [0.2, 0.25) is 0 Å². The van der Waals surface area contributed by atoms with Crippen LogP contribution in [-0.2, 0) is 0 Å². The molecule has 0 unspecified atom stereocenters. The summed E-state index contributed by atoms with van der Waals surface area (Å²) < 4.78 is 5.19. The topological polar surface area (TPSA) is 85.2 Å². The van der Waals surface area contributed by atoms with Crippen molar-refractivity contribution in [3.63, 3.8) is 0 Å². The first-order valence-electron chi connectivity index (χ1n) is 8.26. The van der Waals surface area contributed by atoms with Gasteiger partial charge in [0.25, 0.3) is 0 Å². The predicted molar refractivity (Wildman–Crippen MR) is 102 cm³/mol. The smallest absolute Gasteiger partial charge is 0.355 e. The lowest BCUT2D eigenvalue weighted by molar-refractivity contribution is 0.0691. The maximum Gasteiger partial charge on any atom is 0.355 e. The molecule has 0 saturated heterocycles. The highest BCUT2D eigenvalue weighted by Crippen LogP contribution is 2.36. The molecule has 4 aromatic rings. The largest absolute Gasteiger partial charge is 0.497 e. The maximum absolute atomic E-state index is 12.0. The lowest BCUT2D eigenvalue weighted by Gasteiger charge is -2.14. The molecule has 6 nitrogen and oxygen atoms in total. The van der Waals surface area contributed by atoms with E-state index in [1.807, 2.05) is 42.5 Å². The molecule has 1 N–H and O–H groups in total. The number of aromatic carboxylic acids is 1. The third-order valence-corrected chi connectivity index (χ3v) is 4.34. The van der Waals surface area contributed by atoms with E-state index >= 15 is 0 Å². The van der Waals surface area contributed by atoms with Crippen LogP contribution < -0.4 is 4.74 Å². The predicted octanol–water partition coefficient (Wildman–Crippen LogP) is 4.07. The molecule has 0 aliphatic rings. The van der Waals surface area contributed by atoms with E-state index in [4.69, 9.17) is 4.74 Å². The Morgan fingerprint density at radius 1 is 0.889 bits per heavy atom. The Labute approximate surface area is 155 Å². The summed E-state index contributed by atoms with van der Waals surface area (Å²) in [6.07, 6.45) is 3.19. The molecule has 0 amide bonds. The second-order valence-electron chi connectivity index (χ2n) is 5.90. The summed E-state index contributed by atoms with van der Waals surface area (Å²) in [6.45, 7) is 0. The van der Waals surface area contributed by atoms with Gasteiger partial charge in [-0.05, 0) is 17.7 Å². The molecule has 0 aliphatic carbocycles. The van der Waals surface area contributed by atoms with E-state index < -0.39 is 5.97 Å². The molecule has 0 bridgehead atoms. The molecule has 0 saturated carbocycles. The number of carbonyl (C=O) groups is 1. The first-order valence-corrected chi connectivity index (χ1v) is 8.26. The van der Waals surface area contributed by atoms with Gasteiger partial charge in [0.2, 0.25) is 0 Å². The van der Waals surface area contributed by atoms with Crippen molar-refractivity contribution in [3.8, 4) is 28.1 Å². The van der Waals surface area contributed by atoms with Gasteiger partial charge in [0.1, 0.15) is 5.75 Å². The van der Waals surface area contributed by atoms with E-state index in [2.05, 4.69) is 15.2 Å². The first-order chi connectivity index (χ1) is 13.2. The number of methoxy groups -OCH3 is 1. The minimum absolute atomic E-state index is 0.0282. The van der Waals surface area contributed by atoms with E-state index in [0.29, 0.717) is 22.4 Å². The van der Waals surface area contributed by atoms with E-state index in [9.17, 15) is 9.90 Å². The second-order valence-corrected chi connectivity index (χ2v) is 5.90. The zero-order chi connectivity index (χ0) is 18.8. The SMILES string of the molecule is COc1ccc(-c2c(C(=O)O)nc(-c3ccccc3)c3cnncc23)cc1. The number of carboxylic acid groups (broad SMARTS) is 1. The van der Waals surface area contributed by atoms with E-state index in [-0.39, 0.29) is 5.69 Å². The van der Waals surface area contributed by atoms with Crippen LogP contribution in [0, 0.1) is 0 Å². The van der Waals surface area contributed by atoms with Gasteiger partial charge >= 0.3 is 5.97 Å². The lowest BCUT2D eigenvalue weighted by Crippen LogP contribution is -2.06.